The van der Waals surface area contributed by atoms with Gasteiger partial charge in [0.15, 0.2) is 11.5 Å². The maximum atomic E-state index is 5.64. The van der Waals surface area contributed by atoms with E-state index in [4.69, 9.17) is 9.47 Å². The third kappa shape index (κ3) is 5.11. The summed E-state index contributed by atoms with van der Waals surface area (Å²) in [4.78, 5) is 4.76. The van der Waals surface area contributed by atoms with E-state index >= 15 is 0 Å². The highest BCUT2D eigenvalue weighted by molar-refractivity contribution is 5.49. The molecule has 0 spiro atoms. The van der Waals surface area contributed by atoms with E-state index in [1.165, 1.54) is 11.1 Å². The topological polar surface area (TPSA) is 68.5 Å². The summed E-state index contributed by atoms with van der Waals surface area (Å²) in [5.41, 5.74) is 3.74. The first-order valence-electron chi connectivity index (χ1n) is 12.0. The van der Waals surface area contributed by atoms with Crippen LogP contribution in [0.4, 0.5) is 5.95 Å². The Balaban J connectivity index is 1.31. The van der Waals surface area contributed by atoms with Crippen LogP contribution >= 0.6 is 0 Å². The van der Waals surface area contributed by atoms with Gasteiger partial charge in [-0.05, 0) is 91.5 Å². The van der Waals surface area contributed by atoms with Crippen LogP contribution in [-0.4, -0.2) is 58.6 Å². The van der Waals surface area contributed by atoms with Crippen LogP contribution in [-0.2, 0) is 13.0 Å². The summed E-state index contributed by atoms with van der Waals surface area (Å²) < 4.78 is 13.1. The van der Waals surface area contributed by atoms with Crippen molar-refractivity contribution in [3.63, 3.8) is 0 Å². The molecular formula is C25H32N6O2. The molecule has 3 aromatic rings. The predicted molar refractivity (Wildman–Crippen MR) is 127 cm³/mol. The Morgan fingerprint density at radius 3 is 2.36 bits per heavy atom. The monoisotopic (exact) mass is 448 g/mol. The molecular weight excluding hydrogens is 416 g/mol. The molecule has 0 unspecified atom stereocenters. The van der Waals surface area contributed by atoms with Gasteiger partial charge in [0.25, 0.3) is 0 Å². The Labute approximate surface area is 195 Å². The zero-order chi connectivity index (χ0) is 22.5. The van der Waals surface area contributed by atoms with Crippen molar-refractivity contribution >= 4 is 5.95 Å². The van der Waals surface area contributed by atoms with Crippen LogP contribution < -0.4 is 14.4 Å². The van der Waals surface area contributed by atoms with Crippen molar-refractivity contribution in [2.45, 2.75) is 45.1 Å². The van der Waals surface area contributed by atoms with Crippen LogP contribution in [0.2, 0.25) is 0 Å². The van der Waals surface area contributed by atoms with Gasteiger partial charge in [-0.1, -0.05) is 29.7 Å². The molecule has 0 atom stereocenters. The van der Waals surface area contributed by atoms with Gasteiger partial charge in [0.1, 0.15) is 0 Å². The first kappa shape index (κ1) is 21.7. The van der Waals surface area contributed by atoms with Crippen molar-refractivity contribution in [3.8, 4) is 17.2 Å². The summed E-state index contributed by atoms with van der Waals surface area (Å²) in [5, 5.41) is 12.6. The number of anilines is 1. The molecule has 8 heteroatoms. The van der Waals surface area contributed by atoms with E-state index in [0.29, 0.717) is 6.79 Å². The molecule has 0 fully saturated rings. The average molecular weight is 449 g/mol. The molecule has 1 aromatic heterocycles. The van der Waals surface area contributed by atoms with Crippen molar-refractivity contribution < 1.29 is 9.47 Å². The normalized spacial score (nSPS) is 18.0. The molecule has 174 valence electrons. The first-order chi connectivity index (χ1) is 16.3. The van der Waals surface area contributed by atoms with E-state index in [2.05, 4.69) is 44.5 Å². The Morgan fingerprint density at radius 2 is 1.55 bits per heavy atom. The lowest BCUT2D eigenvalue weighted by atomic mass is 9.99. The highest BCUT2D eigenvalue weighted by atomic mass is 16.7. The second-order valence-electron chi connectivity index (χ2n) is 8.94. The number of rotatable bonds is 2. The van der Waals surface area contributed by atoms with Gasteiger partial charge in [0.05, 0.1) is 5.69 Å². The summed E-state index contributed by atoms with van der Waals surface area (Å²) >= 11 is 0. The van der Waals surface area contributed by atoms with Crippen LogP contribution in [0, 0.1) is 0 Å². The van der Waals surface area contributed by atoms with E-state index in [0.717, 1.165) is 87.8 Å². The number of para-hydroxylation sites is 1. The van der Waals surface area contributed by atoms with Gasteiger partial charge in [0, 0.05) is 19.6 Å². The van der Waals surface area contributed by atoms with Crippen LogP contribution in [0.5, 0.6) is 11.5 Å². The number of ether oxygens (including phenoxy) is 2. The third-order valence-electron chi connectivity index (χ3n) is 6.46. The summed E-state index contributed by atoms with van der Waals surface area (Å²) in [6, 6.07) is 14.5. The molecule has 8 nitrogen and oxygen atoms in total. The van der Waals surface area contributed by atoms with Gasteiger partial charge in [-0.3, -0.25) is 0 Å². The SMILES string of the molecule is CN1CCCCN(c2nnnn2-c2ccccc2)CCCCCc2cc3c(cc2C1)OCO3. The Bertz CT molecular complexity index is 1050. The molecule has 0 amide bonds. The lowest BCUT2D eigenvalue weighted by Crippen LogP contribution is -2.30. The number of aromatic nitrogens is 4. The number of benzene rings is 2. The average Bonchev–Trinajstić information content (AvgIpc) is 3.50. The lowest BCUT2D eigenvalue weighted by molar-refractivity contribution is 0.174. The maximum Gasteiger partial charge on any atom is 0.250 e. The Morgan fingerprint density at radius 1 is 0.818 bits per heavy atom. The molecule has 2 aromatic carbocycles. The Kier molecular flexibility index (Phi) is 6.71. The molecule has 0 aliphatic carbocycles. The first-order valence-corrected chi connectivity index (χ1v) is 12.0. The minimum Gasteiger partial charge on any atom is -0.454 e. The predicted octanol–water partition coefficient (Wildman–Crippen LogP) is 3.84. The molecule has 0 radical (unpaired) electrons. The zero-order valence-electron chi connectivity index (χ0n) is 19.3. The van der Waals surface area contributed by atoms with Gasteiger partial charge < -0.3 is 19.3 Å². The van der Waals surface area contributed by atoms with Gasteiger partial charge in [0.2, 0.25) is 12.7 Å². The van der Waals surface area contributed by atoms with Crippen LogP contribution in [0.1, 0.15) is 43.2 Å². The number of hydrogen-bond acceptors (Lipinski definition) is 7. The lowest BCUT2D eigenvalue weighted by Gasteiger charge is -2.25. The number of hydrogen-bond donors (Lipinski definition) is 0. The summed E-state index contributed by atoms with van der Waals surface area (Å²) in [7, 11) is 2.20. The largest absolute Gasteiger partial charge is 0.454 e. The van der Waals surface area contributed by atoms with Crippen molar-refractivity contribution in [1.29, 1.82) is 0 Å². The molecule has 0 saturated heterocycles. The van der Waals surface area contributed by atoms with E-state index < -0.39 is 0 Å². The van der Waals surface area contributed by atoms with Crippen LogP contribution in [0.25, 0.3) is 5.69 Å². The minimum atomic E-state index is 0.326. The number of aryl methyl sites for hydroxylation is 1. The van der Waals surface area contributed by atoms with Crippen molar-refractivity contribution in [3.05, 3.63) is 53.6 Å². The second kappa shape index (κ2) is 10.2. The maximum absolute atomic E-state index is 5.64. The van der Waals surface area contributed by atoms with E-state index in [1.807, 2.05) is 35.0 Å². The van der Waals surface area contributed by atoms with Crippen LogP contribution in [0.3, 0.4) is 0 Å². The number of nitrogens with zero attached hydrogens (tertiary/aromatic N) is 6. The zero-order valence-corrected chi connectivity index (χ0v) is 19.3. The van der Waals surface area contributed by atoms with Crippen molar-refractivity contribution in [2.24, 2.45) is 0 Å². The third-order valence-corrected chi connectivity index (χ3v) is 6.46. The van der Waals surface area contributed by atoms with E-state index in [-0.39, 0.29) is 0 Å². The summed E-state index contributed by atoms with van der Waals surface area (Å²) in [6.45, 7) is 4.22. The van der Waals surface area contributed by atoms with Gasteiger partial charge in [-0.15, -0.1) is 0 Å². The molecule has 0 bridgehead atoms. The summed E-state index contributed by atoms with van der Waals surface area (Å²) in [6.07, 6.45) is 6.70. The fraction of sp³-hybridized carbons (Fsp3) is 0.480. The highest BCUT2D eigenvalue weighted by Gasteiger charge is 2.19. The fourth-order valence-electron chi connectivity index (χ4n) is 4.68. The van der Waals surface area contributed by atoms with Gasteiger partial charge in [-0.25, -0.2) is 0 Å². The number of fused-ring (bicyclic) bond motifs is 2. The highest BCUT2D eigenvalue weighted by Crippen LogP contribution is 2.36. The summed E-state index contributed by atoms with van der Waals surface area (Å²) in [5.74, 6) is 2.60. The smallest absolute Gasteiger partial charge is 0.250 e. The van der Waals surface area contributed by atoms with Crippen LogP contribution in [0.15, 0.2) is 42.5 Å². The van der Waals surface area contributed by atoms with E-state index in [1.54, 1.807) is 0 Å². The molecule has 0 saturated carbocycles. The van der Waals surface area contributed by atoms with Crippen molar-refractivity contribution in [1.82, 2.24) is 25.1 Å². The molecule has 2 aliphatic heterocycles. The van der Waals surface area contributed by atoms with Gasteiger partial charge in [-0.2, -0.15) is 4.68 Å². The van der Waals surface area contributed by atoms with E-state index in [9.17, 15) is 0 Å². The van der Waals surface area contributed by atoms with Crippen molar-refractivity contribution in [2.75, 3.05) is 38.4 Å². The second-order valence-corrected chi connectivity index (χ2v) is 8.94. The molecule has 3 heterocycles. The fourth-order valence-corrected chi connectivity index (χ4v) is 4.68. The molecule has 5 rings (SSSR count). The molecule has 0 N–H and O–H groups in total. The number of tetrazole rings is 1. The standard InChI is InChI=1S/C25H32N6O2/c1-29-13-8-9-15-30(25-26-27-28-31(25)22-11-5-2-6-12-22)14-7-3-4-10-20-16-23-24(33-19-32-23)17-21(20)18-29/h2,5-6,11-12,16-17H,3-4,7-10,13-15,18-19H2,1H3. The Hall–Kier alpha value is -3.13. The quantitative estimate of drug-likeness (QED) is 0.590. The molecule has 33 heavy (non-hydrogen) atoms. The van der Waals surface area contributed by atoms with Gasteiger partial charge >= 0.3 is 0 Å². The minimum absolute atomic E-state index is 0.326. The molecule has 2 aliphatic rings.